The van der Waals surface area contributed by atoms with E-state index in [1.54, 1.807) is 0 Å². The number of hydrogen-bond acceptors (Lipinski definition) is 3. The second-order valence-electron chi connectivity index (χ2n) is 0.274. The summed E-state index contributed by atoms with van der Waals surface area (Å²) in [5.41, 5.74) is 0. The molecule has 0 aromatic heterocycles. The van der Waals surface area contributed by atoms with Crippen molar-refractivity contribution in [1.82, 2.24) is 0 Å². The molecule has 0 saturated heterocycles. The standard InChI is InChI=1S/3CNO.Ti/c3*2-1-3;/q3*-1;+3. The molecule has 0 saturated carbocycles. The molecule has 10 heavy (non-hydrogen) atoms. The van der Waals surface area contributed by atoms with Gasteiger partial charge in [-0.05, 0) is 18.2 Å². The Morgan fingerprint density at radius 1 is 0.700 bits per heavy atom. The zero-order valence-corrected chi connectivity index (χ0v) is 6.13. The van der Waals surface area contributed by atoms with E-state index in [0.29, 0.717) is 18.2 Å². The molecule has 0 spiro atoms. The van der Waals surface area contributed by atoms with E-state index >= 15 is 0 Å². The Balaban J connectivity index is -0.0000000257. The van der Waals surface area contributed by atoms with Gasteiger partial charge in [-0.1, -0.05) is 0 Å². The summed E-state index contributed by atoms with van der Waals surface area (Å²) in [4.78, 5) is 24.7. The quantitative estimate of drug-likeness (QED) is 0.284. The van der Waals surface area contributed by atoms with Gasteiger partial charge >= 0.3 is 21.7 Å². The maximum atomic E-state index is 8.24. The molecule has 49 valence electrons. The number of hydrogen-bond donors (Lipinski definition) is 0. The van der Waals surface area contributed by atoms with Crippen LogP contribution in [-0.4, -0.2) is 18.2 Å². The molecule has 0 aromatic rings. The van der Waals surface area contributed by atoms with Crippen molar-refractivity contribution in [3.8, 4) is 0 Å². The molecule has 0 amide bonds. The summed E-state index contributed by atoms with van der Waals surface area (Å²) in [6.07, 6.45) is 1.50. The minimum Gasteiger partial charge on any atom is -0.724 e. The van der Waals surface area contributed by atoms with E-state index in [2.05, 4.69) is 0 Å². The summed E-state index contributed by atoms with van der Waals surface area (Å²) in [6.45, 7) is 0. The summed E-state index contributed by atoms with van der Waals surface area (Å²) in [5, 5.41) is 20.3. The van der Waals surface area contributed by atoms with Crippen LogP contribution in [0, 0.1) is 0 Å². The van der Waals surface area contributed by atoms with Crippen LogP contribution in [0.2, 0.25) is 0 Å². The van der Waals surface area contributed by atoms with Crippen LogP contribution in [0.1, 0.15) is 0 Å². The molecule has 7 heteroatoms. The van der Waals surface area contributed by atoms with Gasteiger partial charge in [0.25, 0.3) is 0 Å². The van der Waals surface area contributed by atoms with Crippen molar-refractivity contribution in [3.05, 3.63) is 16.2 Å². The van der Waals surface area contributed by atoms with Gasteiger partial charge in [0.15, 0.2) is 0 Å². The first kappa shape index (κ1) is 23.2. The van der Waals surface area contributed by atoms with Crippen LogP contribution >= 0.6 is 0 Å². The SMILES string of the molecule is [N-]=C=O.[N-]=C=O.[N-]=C=O.[Ti+3]. The van der Waals surface area contributed by atoms with E-state index in [4.69, 9.17) is 30.6 Å². The molecule has 0 aliphatic heterocycles. The zero-order valence-electron chi connectivity index (χ0n) is 4.57. The van der Waals surface area contributed by atoms with Gasteiger partial charge in [0.1, 0.15) is 0 Å². The van der Waals surface area contributed by atoms with Gasteiger partial charge in [0.05, 0.1) is 0 Å². The molecule has 0 aliphatic carbocycles. The maximum Gasteiger partial charge on any atom is 3.00 e. The second-order valence-corrected chi connectivity index (χ2v) is 0.274. The first-order chi connectivity index (χ1) is 4.24. The Kier molecular flexibility index (Phi) is 249. The third-order valence-electron chi connectivity index (χ3n) is 0. The van der Waals surface area contributed by atoms with Gasteiger partial charge in [-0.2, -0.15) is 0 Å². The van der Waals surface area contributed by atoms with Gasteiger partial charge < -0.3 is 16.2 Å². The first-order valence-corrected chi connectivity index (χ1v) is 1.28. The van der Waals surface area contributed by atoms with Crippen LogP contribution in [-0.2, 0) is 36.1 Å². The van der Waals surface area contributed by atoms with Crippen molar-refractivity contribution in [2.24, 2.45) is 0 Å². The third-order valence-corrected chi connectivity index (χ3v) is 0. The molecule has 1 radical (unpaired) electrons. The normalized spacial score (nSPS) is 2.40. The zero-order chi connectivity index (χ0) is 8.12. The fraction of sp³-hybridized carbons (Fsp3) is 0. The van der Waals surface area contributed by atoms with Crippen molar-refractivity contribution in [2.45, 2.75) is 0 Å². The van der Waals surface area contributed by atoms with E-state index < -0.39 is 0 Å². The molecular formula is C3N3O3Ti. The van der Waals surface area contributed by atoms with Crippen LogP contribution in [0.4, 0.5) is 0 Å². The largest absolute Gasteiger partial charge is 3.00 e. The smallest absolute Gasteiger partial charge is 0.724 e. The van der Waals surface area contributed by atoms with E-state index in [1.165, 1.54) is 0 Å². The van der Waals surface area contributed by atoms with Crippen molar-refractivity contribution >= 4 is 18.2 Å². The average molecular weight is 174 g/mol. The first-order valence-electron chi connectivity index (χ1n) is 1.28. The summed E-state index contributed by atoms with van der Waals surface area (Å²) in [6, 6.07) is 0. The Bertz CT molecular complexity index is 111. The Labute approximate surface area is 71.0 Å². The molecule has 0 rings (SSSR count). The van der Waals surface area contributed by atoms with Crippen molar-refractivity contribution in [3.63, 3.8) is 0 Å². The number of nitrogens with zero attached hydrogens (tertiary/aromatic N) is 3. The van der Waals surface area contributed by atoms with Gasteiger partial charge in [0.2, 0.25) is 0 Å². The maximum absolute atomic E-state index is 8.24. The minimum absolute atomic E-state index is 0. The summed E-state index contributed by atoms with van der Waals surface area (Å²) in [7, 11) is 0. The second kappa shape index (κ2) is 107. The van der Waals surface area contributed by atoms with E-state index in [0.717, 1.165) is 0 Å². The van der Waals surface area contributed by atoms with Crippen molar-refractivity contribution < 1.29 is 36.1 Å². The Morgan fingerprint density at radius 2 is 0.700 bits per heavy atom. The molecule has 0 heterocycles. The van der Waals surface area contributed by atoms with E-state index in [-0.39, 0.29) is 21.7 Å². The van der Waals surface area contributed by atoms with Crippen LogP contribution in [0.5, 0.6) is 0 Å². The number of carbonyl (C=O) groups excluding carboxylic acids is 3. The Morgan fingerprint density at radius 3 is 0.700 bits per heavy atom. The van der Waals surface area contributed by atoms with Crippen molar-refractivity contribution in [1.29, 1.82) is 0 Å². The molecule has 0 fully saturated rings. The molecule has 0 aliphatic rings. The number of rotatable bonds is 0. The molecule has 0 N–H and O–H groups in total. The molecule has 0 atom stereocenters. The van der Waals surface area contributed by atoms with Gasteiger partial charge in [-0.15, -0.1) is 0 Å². The predicted octanol–water partition coefficient (Wildman–Crippen LogP) is -0.328. The predicted molar refractivity (Wildman–Crippen MR) is 27.2 cm³/mol. The fourth-order valence-electron chi connectivity index (χ4n) is 0. The summed E-state index contributed by atoms with van der Waals surface area (Å²) >= 11 is 0. The Hall–Kier alpha value is -1.15. The fourth-order valence-corrected chi connectivity index (χ4v) is 0. The van der Waals surface area contributed by atoms with Gasteiger partial charge in [0, 0.05) is 0 Å². The molecule has 6 nitrogen and oxygen atoms in total. The summed E-state index contributed by atoms with van der Waals surface area (Å²) in [5.74, 6) is 0. The average Bonchev–Trinajstić information content (AvgIpc) is 1.70. The molecule has 0 unspecified atom stereocenters. The third kappa shape index (κ3) is 179. The molecule has 0 bridgehead atoms. The van der Waals surface area contributed by atoms with Crippen LogP contribution in [0.15, 0.2) is 0 Å². The molecule has 0 aromatic carbocycles. The van der Waals surface area contributed by atoms with Crippen LogP contribution in [0.25, 0.3) is 16.2 Å². The number of isocyanates is 3. The van der Waals surface area contributed by atoms with E-state index in [1.807, 2.05) is 0 Å². The topological polar surface area (TPSA) is 118 Å². The summed E-state index contributed by atoms with van der Waals surface area (Å²) < 4.78 is 0. The van der Waals surface area contributed by atoms with Gasteiger partial charge in [-0.3, -0.25) is 14.4 Å². The van der Waals surface area contributed by atoms with Crippen LogP contribution < -0.4 is 0 Å². The van der Waals surface area contributed by atoms with Crippen LogP contribution in [0.3, 0.4) is 0 Å². The minimum atomic E-state index is 0. The molecular weight excluding hydrogens is 174 g/mol. The van der Waals surface area contributed by atoms with Gasteiger partial charge in [-0.25, -0.2) is 0 Å². The van der Waals surface area contributed by atoms with E-state index in [9.17, 15) is 0 Å². The monoisotopic (exact) mass is 174 g/mol. The van der Waals surface area contributed by atoms with Crippen molar-refractivity contribution in [2.75, 3.05) is 0 Å².